The van der Waals surface area contributed by atoms with Crippen LogP contribution in [0.15, 0.2) is 18.3 Å². The first kappa shape index (κ1) is 7.24. The summed E-state index contributed by atoms with van der Waals surface area (Å²) in [6.07, 6.45) is 4.37. The van der Waals surface area contributed by atoms with E-state index < -0.39 is 0 Å². The summed E-state index contributed by atoms with van der Waals surface area (Å²) < 4.78 is 0. The van der Waals surface area contributed by atoms with Crippen molar-refractivity contribution in [3.63, 3.8) is 0 Å². The van der Waals surface area contributed by atoms with Gasteiger partial charge in [0.1, 0.15) is 0 Å². The summed E-state index contributed by atoms with van der Waals surface area (Å²) in [6, 6.07) is 3.59. The molecule has 1 amide bonds. The van der Waals surface area contributed by atoms with E-state index in [0.717, 1.165) is 5.56 Å². The number of nitrogens with one attached hydrogen (secondary N) is 1. The summed E-state index contributed by atoms with van der Waals surface area (Å²) >= 11 is 0. The fourth-order valence-corrected chi connectivity index (χ4v) is 1.11. The van der Waals surface area contributed by atoms with Gasteiger partial charge in [-0.15, -0.1) is 0 Å². The maximum atomic E-state index is 11.1. The van der Waals surface area contributed by atoms with Gasteiger partial charge >= 0.3 is 0 Å². The van der Waals surface area contributed by atoms with E-state index in [4.69, 9.17) is 4.84 Å². The number of aromatic nitrogens is 1. The average Bonchev–Trinajstić information content (AvgIpc) is 2.53. The lowest BCUT2D eigenvalue weighted by Gasteiger charge is -2.01. The van der Waals surface area contributed by atoms with Crippen LogP contribution in [-0.4, -0.2) is 17.5 Å². The first-order chi connectivity index (χ1) is 5.88. The van der Waals surface area contributed by atoms with Gasteiger partial charge in [-0.05, 0) is 11.6 Å². The number of hydrogen-bond acceptors (Lipinski definition) is 3. The quantitative estimate of drug-likeness (QED) is 0.635. The third-order valence-corrected chi connectivity index (χ3v) is 1.74. The summed E-state index contributed by atoms with van der Waals surface area (Å²) in [5, 5.41) is 0. The van der Waals surface area contributed by atoms with Gasteiger partial charge in [0.05, 0.1) is 18.7 Å². The standard InChI is InChI=1S/C8H7N2O2/c11-8-7(5-12-10-8)6-2-1-3-9-4-6/h1-3,7H,5H2,(H,10,11). The predicted octanol–water partition coefficient (Wildman–Crippen LogP) is 0.0268. The van der Waals surface area contributed by atoms with E-state index in [1.54, 1.807) is 12.3 Å². The van der Waals surface area contributed by atoms with Crippen molar-refractivity contribution in [3.8, 4) is 0 Å². The lowest BCUT2D eigenvalue weighted by atomic mass is 10.0. The summed E-state index contributed by atoms with van der Waals surface area (Å²) in [5.74, 6) is -0.377. The van der Waals surface area contributed by atoms with Crippen LogP contribution in [0.5, 0.6) is 0 Å². The Morgan fingerprint density at radius 1 is 1.75 bits per heavy atom. The van der Waals surface area contributed by atoms with E-state index in [9.17, 15) is 4.79 Å². The summed E-state index contributed by atoms with van der Waals surface area (Å²) in [7, 11) is 0. The van der Waals surface area contributed by atoms with Crippen molar-refractivity contribution in [2.24, 2.45) is 0 Å². The second-order valence-electron chi connectivity index (χ2n) is 2.53. The molecule has 1 radical (unpaired) electrons. The maximum Gasteiger partial charge on any atom is 0.253 e. The summed E-state index contributed by atoms with van der Waals surface area (Å²) in [4.78, 5) is 19.7. The van der Waals surface area contributed by atoms with Gasteiger partial charge in [0, 0.05) is 6.20 Å². The minimum absolute atomic E-state index is 0.126. The number of carbonyl (C=O) groups is 1. The number of carbonyl (C=O) groups excluding carboxylic acids is 1. The first-order valence-electron chi connectivity index (χ1n) is 3.62. The highest BCUT2D eigenvalue weighted by atomic mass is 16.7. The molecule has 1 fully saturated rings. The van der Waals surface area contributed by atoms with Crippen LogP contribution in [0, 0.1) is 6.20 Å². The summed E-state index contributed by atoms with van der Waals surface area (Å²) in [5.41, 5.74) is 3.05. The minimum Gasteiger partial charge on any atom is -0.272 e. The largest absolute Gasteiger partial charge is 0.272 e. The van der Waals surface area contributed by atoms with Crippen LogP contribution in [-0.2, 0) is 9.63 Å². The smallest absolute Gasteiger partial charge is 0.253 e. The lowest BCUT2D eigenvalue weighted by molar-refractivity contribution is -0.124. The molecule has 1 N–H and O–H groups in total. The van der Waals surface area contributed by atoms with Gasteiger partial charge in [0.25, 0.3) is 5.91 Å². The van der Waals surface area contributed by atoms with Gasteiger partial charge in [0.15, 0.2) is 0 Å². The van der Waals surface area contributed by atoms with Crippen molar-refractivity contribution >= 4 is 5.91 Å². The first-order valence-corrected chi connectivity index (χ1v) is 3.62. The SMILES string of the molecule is O=C1NOCC1c1[c]nccc1. The van der Waals surface area contributed by atoms with E-state index in [0.29, 0.717) is 6.61 Å². The van der Waals surface area contributed by atoms with Crippen molar-refractivity contribution in [2.75, 3.05) is 6.61 Å². The third-order valence-electron chi connectivity index (χ3n) is 1.74. The summed E-state index contributed by atoms with van der Waals surface area (Å²) in [6.45, 7) is 0.362. The Morgan fingerprint density at radius 3 is 3.25 bits per heavy atom. The highest BCUT2D eigenvalue weighted by molar-refractivity contribution is 5.84. The fraction of sp³-hybridized carbons (Fsp3) is 0.250. The number of hydroxylamine groups is 1. The zero-order valence-corrected chi connectivity index (χ0v) is 6.28. The van der Waals surface area contributed by atoms with Crippen LogP contribution < -0.4 is 5.48 Å². The van der Waals surface area contributed by atoms with Crippen LogP contribution in [0.2, 0.25) is 0 Å². The molecule has 61 valence electrons. The zero-order chi connectivity index (χ0) is 8.39. The Hall–Kier alpha value is -1.42. The molecular formula is C8H7N2O2. The molecule has 0 aliphatic carbocycles. The van der Waals surface area contributed by atoms with Crippen LogP contribution >= 0.6 is 0 Å². The van der Waals surface area contributed by atoms with Gasteiger partial charge in [-0.3, -0.25) is 14.6 Å². The highest BCUT2D eigenvalue weighted by Gasteiger charge is 2.27. The number of hydrogen-bond donors (Lipinski definition) is 1. The van der Waals surface area contributed by atoms with Gasteiger partial charge < -0.3 is 0 Å². The Balaban J connectivity index is 2.25. The average molecular weight is 163 g/mol. The molecule has 0 aromatic carbocycles. The van der Waals surface area contributed by atoms with Gasteiger partial charge in [-0.25, -0.2) is 5.48 Å². The van der Waals surface area contributed by atoms with E-state index >= 15 is 0 Å². The molecule has 1 aromatic heterocycles. The number of nitrogens with zero attached hydrogens (tertiary/aromatic N) is 1. The number of amides is 1. The number of pyridine rings is 1. The molecule has 12 heavy (non-hydrogen) atoms. The molecule has 1 aliphatic heterocycles. The van der Waals surface area contributed by atoms with E-state index in [2.05, 4.69) is 16.7 Å². The van der Waals surface area contributed by atoms with Gasteiger partial charge in [-0.1, -0.05) is 6.07 Å². The van der Waals surface area contributed by atoms with Crippen LogP contribution in [0.25, 0.3) is 0 Å². The Labute approximate surface area is 69.5 Å². The molecule has 1 saturated heterocycles. The van der Waals surface area contributed by atoms with Crippen molar-refractivity contribution < 1.29 is 9.63 Å². The van der Waals surface area contributed by atoms with E-state index in [-0.39, 0.29) is 11.8 Å². The molecule has 1 atom stereocenters. The topological polar surface area (TPSA) is 51.2 Å². The minimum atomic E-state index is -0.251. The Bertz CT molecular complexity index is 286. The molecule has 1 aliphatic rings. The van der Waals surface area contributed by atoms with Gasteiger partial charge in [-0.2, -0.15) is 0 Å². The lowest BCUT2D eigenvalue weighted by Crippen LogP contribution is -2.17. The Kier molecular flexibility index (Phi) is 1.75. The molecule has 0 bridgehead atoms. The second-order valence-corrected chi connectivity index (χ2v) is 2.53. The molecule has 4 nitrogen and oxygen atoms in total. The number of rotatable bonds is 1. The monoisotopic (exact) mass is 163 g/mol. The van der Waals surface area contributed by atoms with Crippen molar-refractivity contribution in [2.45, 2.75) is 5.92 Å². The van der Waals surface area contributed by atoms with Crippen molar-refractivity contribution in [1.29, 1.82) is 0 Å². The van der Waals surface area contributed by atoms with Crippen LogP contribution in [0.1, 0.15) is 11.5 Å². The zero-order valence-electron chi connectivity index (χ0n) is 6.28. The molecule has 1 unspecified atom stereocenters. The molecule has 0 saturated carbocycles. The Morgan fingerprint density at radius 2 is 2.67 bits per heavy atom. The van der Waals surface area contributed by atoms with Crippen molar-refractivity contribution in [3.05, 3.63) is 30.1 Å². The second kappa shape index (κ2) is 2.91. The van der Waals surface area contributed by atoms with Crippen molar-refractivity contribution in [1.82, 2.24) is 10.5 Å². The fourth-order valence-electron chi connectivity index (χ4n) is 1.11. The molecular weight excluding hydrogens is 156 g/mol. The van der Waals surface area contributed by atoms with E-state index in [1.165, 1.54) is 0 Å². The van der Waals surface area contributed by atoms with Crippen LogP contribution in [0.4, 0.5) is 0 Å². The molecule has 1 aromatic rings. The molecule has 0 spiro atoms. The van der Waals surface area contributed by atoms with Crippen LogP contribution in [0.3, 0.4) is 0 Å². The molecule has 4 heteroatoms. The van der Waals surface area contributed by atoms with E-state index in [1.807, 2.05) is 6.07 Å². The maximum absolute atomic E-state index is 11.1. The van der Waals surface area contributed by atoms with Gasteiger partial charge in [0.2, 0.25) is 0 Å². The molecule has 2 heterocycles. The predicted molar refractivity (Wildman–Crippen MR) is 39.9 cm³/mol. The third kappa shape index (κ3) is 1.16. The molecule has 2 rings (SSSR count). The highest BCUT2D eigenvalue weighted by Crippen LogP contribution is 2.17. The normalized spacial score (nSPS) is 22.3.